The average molecular weight is 602 g/mol. The molecule has 11 nitrogen and oxygen atoms in total. The number of benzene rings is 1. The molecule has 1 aromatic carbocycles. The van der Waals surface area contributed by atoms with E-state index in [0.717, 1.165) is 0 Å². The predicted molar refractivity (Wildman–Crippen MR) is 152 cm³/mol. The lowest BCUT2D eigenvalue weighted by atomic mass is 9.42. The minimum absolute atomic E-state index is 0.00507. The van der Waals surface area contributed by atoms with Crippen molar-refractivity contribution in [1.82, 2.24) is 0 Å². The zero-order chi connectivity index (χ0) is 31.9. The zero-order valence-corrected chi connectivity index (χ0v) is 25.4. The van der Waals surface area contributed by atoms with Crippen LogP contribution in [0.5, 0.6) is 0 Å². The molecule has 0 spiro atoms. The van der Waals surface area contributed by atoms with Crippen molar-refractivity contribution in [2.75, 3.05) is 6.61 Å². The van der Waals surface area contributed by atoms with Crippen LogP contribution in [0, 0.1) is 22.7 Å². The van der Waals surface area contributed by atoms with Crippen LogP contribution in [0.15, 0.2) is 41.5 Å². The Bertz CT molecular complexity index is 1340. The van der Waals surface area contributed by atoms with E-state index in [1.54, 1.807) is 65.0 Å². The molecule has 1 heterocycles. The molecule has 5 rings (SSSR count). The second kappa shape index (κ2) is 10.5. The first-order valence-corrected chi connectivity index (χ1v) is 14.8. The van der Waals surface area contributed by atoms with Gasteiger partial charge in [0.1, 0.15) is 18.3 Å². The fraction of sp³-hybridized carbons (Fsp3) is 0.656. The number of Topliss-reactive ketones (excluding diaryl/α,β-unsaturated/α-hetero) is 1. The lowest BCUT2D eigenvalue weighted by Gasteiger charge is -2.68. The molecule has 11 heteroatoms. The highest BCUT2D eigenvalue weighted by Crippen LogP contribution is 2.65. The van der Waals surface area contributed by atoms with Gasteiger partial charge >= 0.3 is 11.9 Å². The number of rotatable bonds is 5. The highest BCUT2D eigenvalue weighted by atomic mass is 16.6. The van der Waals surface area contributed by atoms with Crippen LogP contribution in [-0.4, -0.2) is 86.5 Å². The number of ether oxygens (including phenoxy) is 3. The lowest BCUT2D eigenvalue weighted by Crippen LogP contribution is -2.79. The predicted octanol–water partition coefficient (Wildman–Crippen LogP) is 1.10. The van der Waals surface area contributed by atoms with Gasteiger partial charge in [-0.15, -0.1) is 0 Å². The molecule has 11 atom stereocenters. The number of nitrogens with two attached hydrogens (primary N) is 1. The van der Waals surface area contributed by atoms with Gasteiger partial charge in [-0.1, -0.05) is 51.1 Å². The summed E-state index contributed by atoms with van der Waals surface area (Å²) in [6.07, 6.45) is -6.75. The van der Waals surface area contributed by atoms with E-state index >= 15 is 0 Å². The van der Waals surface area contributed by atoms with Crippen LogP contribution >= 0.6 is 0 Å². The van der Waals surface area contributed by atoms with Crippen molar-refractivity contribution < 1.29 is 49.0 Å². The molecule has 1 aliphatic heterocycles. The van der Waals surface area contributed by atoms with Gasteiger partial charge in [-0.05, 0) is 36.5 Å². The normalized spacial score (nSPS) is 41.4. The molecular weight excluding hydrogens is 558 g/mol. The third kappa shape index (κ3) is 4.34. The summed E-state index contributed by atoms with van der Waals surface area (Å²) in [5, 5.41) is 46.8. The Morgan fingerprint density at radius 3 is 2.33 bits per heavy atom. The number of hydrogen-bond donors (Lipinski definition) is 5. The fourth-order valence-electron chi connectivity index (χ4n) is 8.72. The number of esters is 2. The maximum Gasteiger partial charge on any atom is 0.337 e. The van der Waals surface area contributed by atoms with Crippen molar-refractivity contribution in [3.8, 4) is 0 Å². The summed E-state index contributed by atoms with van der Waals surface area (Å²) in [7, 11) is 0. The van der Waals surface area contributed by atoms with Crippen LogP contribution in [0.3, 0.4) is 0 Å². The maximum atomic E-state index is 14.4. The topological polar surface area (TPSA) is 186 Å². The molecule has 0 radical (unpaired) electrons. The van der Waals surface area contributed by atoms with Crippen LogP contribution < -0.4 is 5.73 Å². The molecule has 6 N–H and O–H groups in total. The fourth-order valence-corrected chi connectivity index (χ4v) is 8.72. The summed E-state index contributed by atoms with van der Waals surface area (Å²) in [4.78, 5) is 40.0. The number of aliphatic hydroxyl groups excluding tert-OH is 3. The minimum atomic E-state index is -1.78. The van der Waals surface area contributed by atoms with Gasteiger partial charge in [-0.2, -0.15) is 0 Å². The minimum Gasteiger partial charge on any atom is -0.456 e. The smallest absolute Gasteiger partial charge is 0.337 e. The largest absolute Gasteiger partial charge is 0.456 e. The maximum absolute atomic E-state index is 14.4. The number of aliphatic hydroxyl groups is 4. The first kappa shape index (κ1) is 31.7. The second-order valence-electron chi connectivity index (χ2n) is 13.6. The zero-order valence-electron chi connectivity index (χ0n) is 25.4. The highest BCUT2D eigenvalue weighted by molar-refractivity contribution is 5.93. The van der Waals surface area contributed by atoms with E-state index in [0.29, 0.717) is 11.1 Å². The Morgan fingerprint density at radius 1 is 1.14 bits per heavy atom. The molecule has 2 bridgehead atoms. The Morgan fingerprint density at radius 2 is 1.77 bits per heavy atom. The van der Waals surface area contributed by atoms with Crippen LogP contribution in [0.1, 0.15) is 66.0 Å². The van der Waals surface area contributed by atoms with Gasteiger partial charge < -0.3 is 40.4 Å². The van der Waals surface area contributed by atoms with E-state index in [1.807, 2.05) is 0 Å². The Labute approximate surface area is 251 Å². The van der Waals surface area contributed by atoms with E-state index in [2.05, 4.69) is 0 Å². The summed E-state index contributed by atoms with van der Waals surface area (Å²) >= 11 is 0. The quantitative estimate of drug-likeness (QED) is 0.240. The number of hydrogen-bond acceptors (Lipinski definition) is 11. The molecule has 3 fully saturated rings. The molecule has 43 heavy (non-hydrogen) atoms. The van der Waals surface area contributed by atoms with Gasteiger partial charge in [-0.25, -0.2) is 4.79 Å². The van der Waals surface area contributed by atoms with Crippen molar-refractivity contribution in [2.24, 2.45) is 28.4 Å². The van der Waals surface area contributed by atoms with Crippen molar-refractivity contribution >= 4 is 17.7 Å². The Kier molecular flexibility index (Phi) is 7.72. The number of carbonyl (C=O) groups is 3. The first-order valence-electron chi connectivity index (χ1n) is 14.8. The molecule has 0 aromatic heterocycles. The lowest BCUT2D eigenvalue weighted by molar-refractivity contribution is -0.338. The molecule has 2 saturated carbocycles. The van der Waals surface area contributed by atoms with Gasteiger partial charge in [0.2, 0.25) is 0 Å². The van der Waals surface area contributed by atoms with Crippen LogP contribution in [-0.2, 0) is 28.6 Å². The van der Waals surface area contributed by atoms with E-state index in [4.69, 9.17) is 19.9 Å². The van der Waals surface area contributed by atoms with Gasteiger partial charge in [0, 0.05) is 31.1 Å². The van der Waals surface area contributed by atoms with Gasteiger partial charge in [0.15, 0.2) is 17.5 Å². The molecule has 0 unspecified atom stereocenters. The summed E-state index contributed by atoms with van der Waals surface area (Å²) in [6.45, 7) is 9.54. The Hall–Kier alpha value is -2.67. The molecular formula is C32H43NO10. The van der Waals surface area contributed by atoms with Crippen molar-refractivity contribution in [3.05, 3.63) is 47.0 Å². The highest BCUT2D eigenvalue weighted by Gasteiger charge is 2.75. The number of carbonyl (C=O) groups excluding carboxylic acids is 3. The van der Waals surface area contributed by atoms with E-state index < -0.39 is 88.2 Å². The van der Waals surface area contributed by atoms with Crippen LogP contribution in [0.4, 0.5) is 0 Å². The third-order valence-corrected chi connectivity index (χ3v) is 11.2. The van der Waals surface area contributed by atoms with Crippen LogP contribution in [0.25, 0.3) is 0 Å². The van der Waals surface area contributed by atoms with Crippen molar-refractivity contribution in [2.45, 2.75) is 102 Å². The summed E-state index contributed by atoms with van der Waals surface area (Å²) < 4.78 is 17.4. The summed E-state index contributed by atoms with van der Waals surface area (Å²) in [5.41, 5.74) is 1.30. The second-order valence-corrected chi connectivity index (χ2v) is 13.6. The van der Waals surface area contributed by atoms with Crippen LogP contribution in [0.2, 0.25) is 0 Å². The molecule has 236 valence electrons. The van der Waals surface area contributed by atoms with Gasteiger partial charge in [0.05, 0.1) is 29.8 Å². The van der Waals surface area contributed by atoms with Crippen molar-refractivity contribution in [1.29, 1.82) is 0 Å². The first-order chi connectivity index (χ1) is 19.9. The summed E-state index contributed by atoms with van der Waals surface area (Å²) in [5.74, 6) is -4.11. The number of ketones is 1. The molecule has 4 aliphatic rings. The standard InChI is InChI=1S/C32H43NO10/c1-15-19(42-28(39)25(37)23(33)18-10-8-7-9-11-18)13-32(40)16(2)26-30(6,27(38)24(36)22(15)29(32,4)5)20(35)12-21-31(26,14-41-21)43-17(3)34/h7-11,16,19-21,23-26,35-37,40H,12-14,33H2,1-6H3/t16-,19-,20-,21+,23-,24+,25+,26-,30+,31-,32+/m0/s1. The third-order valence-electron chi connectivity index (χ3n) is 11.2. The Balaban J connectivity index is 1.60. The summed E-state index contributed by atoms with van der Waals surface area (Å²) in [6, 6.07) is 7.50. The average Bonchev–Trinajstić information content (AvgIpc) is 2.95. The molecule has 1 aromatic rings. The SMILES string of the molecule is CC(=O)O[C@@]12CO[C@@H]1C[C@H](O)[C@@]1(C)C(=O)[C@H](O)C3=C(C)[C@@H](OC(=O)[C@H](O)[C@@H](N)c4ccccc4)C[C@@](O)([C@@H](C)[C@H]21)C3(C)C. The molecule has 3 aliphatic carbocycles. The monoisotopic (exact) mass is 601 g/mol. The molecule has 0 amide bonds. The molecule has 1 saturated heterocycles. The van der Waals surface area contributed by atoms with Gasteiger partial charge in [0.25, 0.3) is 0 Å². The van der Waals surface area contributed by atoms with E-state index in [1.165, 1.54) is 6.92 Å². The van der Waals surface area contributed by atoms with E-state index in [9.17, 15) is 34.8 Å². The number of fused-ring (bicyclic) bond motifs is 5. The van der Waals surface area contributed by atoms with Crippen molar-refractivity contribution in [3.63, 3.8) is 0 Å². The van der Waals surface area contributed by atoms with E-state index in [-0.39, 0.29) is 25.0 Å². The van der Waals surface area contributed by atoms with Gasteiger partial charge in [-0.3, -0.25) is 9.59 Å².